The summed E-state index contributed by atoms with van der Waals surface area (Å²) in [4.78, 5) is 14.7. The zero-order chi connectivity index (χ0) is 19.9. The molecule has 0 spiro atoms. The second-order valence-electron chi connectivity index (χ2n) is 7.11. The second-order valence-corrected chi connectivity index (χ2v) is 8.02. The van der Waals surface area contributed by atoms with Crippen molar-refractivity contribution in [1.29, 1.82) is 0 Å². The van der Waals surface area contributed by atoms with E-state index in [1.165, 1.54) is 17.4 Å². The van der Waals surface area contributed by atoms with E-state index in [4.69, 9.17) is 0 Å². The third kappa shape index (κ3) is 3.18. The molecule has 0 bridgehead atoms. The molecule has 3 nitrogen and oxygen atoms in total. The minimum Gasteiger partial charge on any atom is -0.394 e. The number of benzene rings is 2. The van der Waals surface area contributed by atoms with Gasteiger partial charge in [0, 0.05) is 22.0 Å². The SMILES string of the molecule is O=C(c1csc2ccccc12)N1CCC1(CO)Cc1cccc(C(F)(F)F)c1. The first kappa shape index (κ1) is 19.0. The Morgan fingerprint density at radius 2 is 1.96 bits per heavy atom. The third-order valence-electron chi connectivity index (χ3n) is 5.41. The standard InChI is InChI=1S/C21H18F3NO2S/c22-21(23,24)15-5-3-4-14(10-15)11-20(13-26)8-9-25(20)19(27)17-12-28-18-7-2-1-6-16(17)18/h1-7,10,12,26H,8-9,11,13H2. The van der Waals surface area contributed by atoms with Gasteiger partial charge in [-0.1, -0.05) is 36.4 Å². The maximum absolute atomic E-state index is 13.1. The summed E-state index contributed by atoms with van der Waals surface area (Å²) in [6, 6.07) is 12.7. The van der Waals surface area contributed by atoms with Crippen molar-refractivity contribution in [2.45, 2.75) is 24.6 Å². The monoisotopic (exact) mass is 405 g/mol. The van der Waals surface area contributed by atoms with E-state index in [0.29, 0.717) is 24.1 Å². The second kappa shape index (κ2) is 6.90. The van der Waals surface area contributed by atoms with E-state index in [-0.39, 0.29) is 18.9 Å². The van der Waals surface area contributed by atoms with E-state index in [1.807, 2.05) is 24.3 Å². The number of amides is 1. The summed E-state index contributed by atoms with van der Waals surface area (Å²) in [5.41, 5.74) is -0.567. The van der Waals surface area contributed by atoms with Crippen LogP contribution in [0.3, 0.4) is 0 Å². The molecule has 1 atom stereocenters. The van der Waals surface area contributed by atoms with Gasteiger partial charge in [-0.3, -0.25) is 4.79 Å². The molecule has 1 aliphatic rings. The fraction of sp³-hybridized carbons (Fsp3) is 0.286. The highest BCUT2D eigenvalue weighted by Crippen LogP contribution is 2.38. The van der Waals surface area contributed by atoms with Crippen molar-refractivity contribution >= 4 is 27.3 Å². The van der Waals surface area contributed by atoms with Gasteiger partial charge in [0.1, 0.15) is 0 Å². The van der Waals surface area contributed by atoms with E-state index in [1.54, 1.807) is 16.3 Å². The van der Waals surface area contributed by atoms with Gasteiger partial charge in [-0.2, -0.15) is 13.2 Å². The van der Waals surface area contributed by atoms with E-state index >= 15 is 0 Å². The van der Waals surface area contributed by atoms with E-state index in [2.05, 4.69) is 0 Å². The van der Waals surface area contributed by atoms with Crippen LogP contribution < -0.4 is 0 Å². The zero-order valence-electron chi connectivity index (χ0n) is 14.9. The van der Waals surface area contributed by atoms with Crippen molar-refractivity contribution in [3.63, 3.8) is 0 Å². The summed E-state index contributed by atoms with van der Waals surface area (Å²) in [6.07, 6.45) is -3.69. The van der Waals surface area contributed by atoms with Crippen LogP contribution in [0.1, 0.15) is 27.9 Å². The predicted octanol–water partition coefficient (Wildman–Crippen LogP) is 4.74. The number of thiophene rings is 1. The van der Waals surface area contributed by atoms with Crippen LogP contribution in [0.4, 0.5) is 13.2 Å². The highest BCUT2D eigenvalue weighted by atomic mass is 32.1. The van der Waals surface area contributed by atoms with Gasteiger partial charge in [0.2, 0.25) is 0 Å². The molecule has 146 valence electrons. The van der Waals surface area contributed by atoms with Gasteiger partial charge in [0.05, 0.1) is 23.3 Å². The molecule has 1 saturated heterocycles. The first-order chi connectivity index (χ1) is 13.3. The molecular formula is C21H18F3NO2S. The number of likely N-dealkylation sites (tertiary alicyclic amines) is 1. The summed E-state index contributed by atoms with van der Waals surface area (Å²) in [7, 11) is 0. The van der Waals surface area contributed by atoms with Gasteiger partial charge < -0.3 is 10.0 Å². The molecular weight excluding hydrogens is 387 g/mol. The zero-order valence-corrected chi connectivity index (χ0v) is 15.7. The van der Waals surface area contributed by atoms with Gasteiger partial charge in [0.25, 0.3) is 5.91 Å². The van der Waals surface area contributed by atoms with Crippen molar-refractivity contribution in [2.24, 2.45) is 0 Å². The number of fused-ring (bicyclic) bond motifs is 1. The highest BCUT2D eigenvalue weighted by molar-refractivity contribution is 7.17. The molecule has 1 fully saturated rings. The molecule has 1 unspecified atom stereocenters. The number of nitrogens with zero attached hydrogens (tertiary/aromatic N) is 1. The lowest BCUT2D eigenvalue weighted by Gasteiger charge is -2.52. The van der Waals surface area contributed by atoms with Crippen LogP contribution in [-0.2, 0) is 12.6 Å². The molecule has 0 radical (unpaired) electrons. The predicted molar refractivity (Wildman–Crippen MR) is 102 cm³/mol. The molecule has 28 heavy (non-hydrogen) atoms. The molecule has 2 aromatic carbocycles. The Kier molecular flexibility index (Phi) is 4.67. The number of halogens is 3. The molecule has 1 amide bonds. The van der Waals surface area contributed by atoms with Crippen LogP contribution in [0.5, 0.6) is 0 Å². The average Bonchev–Trinajstić information content (AvgIpc) is 3.09. The number of hydrogen-bond acceptors (Lipinski definition) is 3. The third-order valence-corrected chi connectivity index (χ3v) is 6.38. The lowest BCUT2D eigenvalue weighted by atomic mass is 9.79. The van der Waals surface area contributed by atoms with Crippen LogP contribution in [0.25, 0.3) is 10.1 Å². The fourth-order valence-electron chi connectivity index (χ4n) is 3.79. The lowest BCUT2D eigenvalue weighted by molar-refractivity contribution is -0.137. The van der Waals surface area contributed by atoms with Crippen LogP contribution in [0.15, 0.2) is 53.9 Å². The average molecular weight is 405 g/mol. The number of carbonyl (C=O) groups is 1. The van der Waals surface area contributed by atoms with Gasteiger partial charge in [0.15, 0.2) is 0 Å². The summed E-state index contributed by atoms with van der Waals surface area (Å²) in [5.74, 6) is -0.190. The summed E-state index contributed by atoms with van der Waals surface area (Å²) >= 11 is 1.48. The van der Waals surface area contributed by atoms with Crippen molar-refractivity contribution < 1.29 is 23.1 Å². The van der Waals surface area contributed by atoms with Gasteiger partial charge in [-0.25, -0.2) is 0 Å². The molecule has 2 heterocycles. The normalized spacial score (nSPS) is 19.6. The number of rotatable bonds is 4. The fourth-order valence-corrected chi connectivity index (χ4v) is 4.72. The van der Waals surface area contributed by atoms with Gasteiger partial charge in [-0.15, -0.1) is 11.3 Å². The van der Waals surface area contributed by atoms with Crippen LogP contribution in [-0.4, -0.2) is 34.6 Å². The smallest absolute Gasteiger partial charge is 0.394 e. The molecule has 7 heteroatoms. The first-order valence-corrected chi connectivity index (χ1v) is 9.77. The molecule has 4 rings (SSSR count). The Morgan fingerprint density at radius 3 is 2.64 bits per heavy atom. The van der Waals surface area contributed by atoms with E-state index < -0.39 is 17.3 Å². The number of carbonyl (C=O) groups excluding carboxylic acids is 1. The summed E-state index contributed by atoms with van der Waals surface area (Å²) < 4.78 is 40.0. The largest absolute Gasteiger partial charge is 0.416 e. The Morgan fingerprint density at radius 1 is 1.18 bits per heavy atom. The number of hydrogen-bond donors (Lipinski definition) is 1. The molecule has 0 aliphatic carbocycles. The molecule has 1 aliphatic heterocycles. The Labute approximate surface area is 164 Å². The van der Waals surface area contributed by atoms with Crippen molar-refractivity contribution in [1.82, 2.24) is 4.90 Å². The van der Waals surface area contributed by atoms with Crippen molar-refractivity contribution in [3.8, 4) is 0 Å². The lowest BCUT2D eigenvalue weighted by Crippen LogP contribution is -2.65. The van der Waals surface area contributed by atoms with Crippen molar-refractivity contribution in [2.75, 3.05) is 13.2 Å². The summed E-state index contributed by atoms with van der Waals surface area (Å²) in [5, 5.41) is 12.7. The Bertz CT molecular complexity index is 1030. The maximum atomic E-state index is 13.1. The van der Waals surface area contributed by atoms with Gasteiger partial charge >= 0.3 is 6.18 Å². The number of aliphatic hydroxyl groups is 1. The maximum Gasteiger partial charge on any atom is 0.416 e. The van der Waals surface area contributed by atoms with Crippen molar-refractivity contribution in [3.05, 3.63) is 70.6 Å². The van der Waals surface area contributed by atoms with Crippen LogP contribution in [0, 0.1) is 0 Å². The van der Waals surface area contributed by atoms with Crippen LogP contribution in [0.2, 0.25) is 0 Å². The Balaban J connectivity index is 1.62. The quantitative estimate of drug-likeness (QED) is 0.681. The van der Waals surface area contributed by atoms with Crippen LogP contribution >= 0.6 is 11.3 Å². The number of alkyl halides is 3. The number of aliphatic hydroxyl groups excluding tert-OH is 1. The topological polar surface area (TPSA) is 40.5 Å². The highest BCUT2D eigenvalue weighted by Gasteiger charge is 2.47. The minimum atomic E-state index is -4.42. The Hall–Kier alpha value is -2.38. The van der Waals surface area contributed by atoms with Gasteiger partial charge in [-0.05, 0) is 30.5 Å². The molecule has 3 aromatic rings. The molecule has 0 saturated carbocycles. The van der Waals surface area contributed by atoms with E-state index in [9.17, 15) is 23.1 Å². The first-order valence-electron chi connectivity index (χ1n) is 8.89. The summed E-state index contributed by atoms with van der Waals surface area (Å²) in [6.45, 7) is 0.180. The van der Waals surface area contributed by atoms with E-state index in [0.717, 1.165) is 22.2 Å². The molecule has 1 N–H and O–H groups in total. The molecule has 1 aromatic heterocycles. The minimum absolute atomic E-state index is 0.182.